The molecule has 2 N–H and O–H groups in total. The fraction of sp³-hybridized carbons (Fsp3) is 0.312. The lowest BCUT2D eigenvalue weighted by molar-refractivity contribution is -0.0425. The first-order valence-electron chi connectivity index (χ1n) is 6.79. The summed E-state index contributed by atoms with van der Waals surface area (Å²) in [5, 5.41) is 2.36. The Bertz CT molecular complexity index is 620. The minimum atomic E-state index is -0.770. The summed E-state index contributed by atoms with van der Waals surface area (Å²) in [5.41, 5.74) is 5.70. The van der Waals surface area contributed by atoms with E-state index >= 15 is 0 Å². The summed E-state index contributed by atoms with van der Waals surface area (Å²) in [6.07, 6.45) is -0.770. The molecule has 5 nitrogen and oxygen atoms in total. The van der Waals surface area contributed by atoms with Crippen LogP contribution in [0.25, 0.3) is 10.8 Å². The molecule has 0 heterocycles. The zero-order chi connectivity index (χ0) is 15.3. The van der Waals surface area contributed by atoms with Gasteiger partial charge in [-0.2, -0.15) is 0 Å². The standard InChI is InChI=1S/C16H20N2O3/c1-16(2,3)20-15(19)21-18-17-11-12-8-9-13-6-4-5-7-14(13)10-12/h4-10,17-18H,11H2,1-3H3. The molecule has 2 aromatic carbocycles. The largest absolute Gasteiger partial charge is 0.529 e. The lowest BCUT2D eigenvalue weighted by Crippen LogP contribution is -2.36. The van der Waals surface area contributed by atoms with Gasteiger partial charge in [-0.1, -0.05) is 42.0 Å². The monoisotopic (exact) mass is 288 g/mol. The number of benzene rings is 2. The molecule has 2 aromatic rings. The molecule has 5 heteroatoms. The van der Waals surface area contributed by atoms with E-state index in [2.05, 4.69) is 35.3 Å². The molecule has 0 aliphatic carbocycles. The fourth-order valence-corrected chi connectivity index (χ4v) is 1.84. The molecular formula is C16H20N2O3. The van der Waals surface area contributed by atoms with Gasteiger partial charge in [-0.3, -0.25) is 0 Å². The molecule has 0 aliphatic heterocycles. The van der Waals surface area contributed by atoms with Crippen LogP contribution < -0.4 is 11.0 Å². The first-order chi connectivity index (χ1) is 9.94. The van der Waals surface area contributed by atoms with Crippen molar-refractivity contribution >= 4 is 16.9 Å². The van der Waals surface area contributed by atoms with E-state index in [0.717, 1.165) is 5.56 Å². The van der Waals surface area contributed by atoms with Crippen LogP contribution in [-0.2, 0) is 16.1 Å². The number of hydrogen-bond donors (Lipinski definition) is 2. The van der Waals surface area contributed by atoms with E-state index in [1.165, 1.54) is 10.8 Å². The molecule has 112 valence electrons. The number of carbonyl (C=O) groups is 1. The average Bonchev–Trinajstić information content (AvgIpc) is 2.41. The molecule has 0 saturated heterocycles. The Kier molecular flexibility index (Phi) is 4.77. The highest BCUT2D eigenvalue weighted by Crippen LogP contribution is 2.15. The third kappa shape index (κ3) is 5.06. The summed E-state index contributed by atoms with van der Waals surface area (Å²) < 4.78 is 4.98. The summed E-state index contributed by atoms with van der Waals surface area (Å²) >= 11 is 0. The molecule has 0 bridgehead atoms. The van der Waals surface area contributed by atoms with Gasteiger partial charge in [-0.05, 0) is 43.2 Å². The third-order valence-electron chi connectivity index (χ3n) is 2.70. The summed E-state index contributed by atoms with van der Waals surface area (Å²) in [6.45, 7) is 5.85. The van der Waals surface area contributed by atoms with Gasteiger partial charge < -0.3 is 9.57 Å². The summed E-state index contributed by atoms with van der Waals surface area (Å²) in [5.74, 6) is 0. The van der Waals surface area contributed by atoms with Crippen molar-refractivity contribution in [2.24, 2.45) is 0 Å². The lowest BCUT2D eigenvalue weighted by Gasteiger charge is -2.18. The normalized spacial score (nSPS) is 11.4. The Morgan fingerprint density at radius 1 is 1.10 bits per heavy atom. The molecule has 0 saturated carbocycles. The number of hydrazine groups is 1. The number of carbonyl (C=O) groups excluding carboxylic acids is 1. The van der Waals surface area contributed by atoms with Crippen LogP contribution in [0.4, 0.5) is 4.79 Å². The van der Waals surface area contributed by atoms with Crippen LogP contribution in [0.1, 0.15) is 26.3 Å². The van der Waals surface area contributed by atoms with Gasteiger partial charge in [0.2, 0.25) is 0 Å². The first-order valence-corrected chi connectivity index (χ1v) is 6.79. The van der Waals surface area contributed by atoms with Crippen molar-refractivity contribution in [2.75, 3.05) is 0 Å². The van der Waals surface area contributed by atoms with Crippen molar-refractivity contribution < 1.29 is 14.4 Å². The highest BCUT2D eigenvalue weighted by molar-refractivity contribution is 5.82. The predicted octanol–water partition coefficient (Wildman–Crippen LogP) is 3.30. The SMILES string of the molecule is CC(C)(C)OC(=O)ONNCc1ccc2ccccc2c1. The van der Waals surface area contributed by atoms with Crippen LogP contribution in [0.15, 0.2) is 42.5 Å². The summed E-state index contributed by atoms with van der Waals surface area (Å²) in [6, 6.07) is 14.3. The smallest absolute Gasteiger partial charge is 0.427 e. The highest BCUT2D eigenvalue weighted by Gasteiger charge is 2.17. The third-order valence-corrected chi connectivity index (χ3v) is 2.70. The Morgan fingerprint density at radius 2 is 1.81 bits per heavy atom. The lowest BCUT2D eigenvalue weighted by atomic mass is 10.1. The van der Waals surface area contributed by atoms with Gasteiger partial charge in [-0.15, -0.1) is 0 Å². The predicted molar refractivity (Wildman–Crippen MR) is 81.2 cm³/mol. The van der Waals surface area contributed by atoms with E-state index in [1.54, 1.807) is 20.8 Å². The summed E-state index contributed by atoms with van der Waals surface area (Å²) in [4.78, 5) is 16.0. The quantitative estimate of drug-likeness (QED) is 0.513. The molecule has 0 aromatic heterocycles. The molecule has 0 radical (unpaired) electrons. The van der Waals surface area contributed by atoms with E-state index in [0.29, 0.717) is 6.54 Å². The van der Waals surface area contributed by atoms with Crippen LogP contribution in [0.5, 0.6) is 0 Å². The average molecular weight is 288 g/mol. The fourth-order valence-electron chi connectivity index (χ4n) is 1.84. The maximum atomic E-state index is 11.3. The molecular weight excluding hydrogens is 268 g/mol. The van der Waals surface area contributed by atoms with E-state index in [1.807, 2.05) is 18.2 Å². The van der Waals surface area contributed by atoms with Gasteiger partial charge in [0.1, 0.15) is 5.60 Å². The number of fused-ring (bicyclic) bond motifs is 1. The molecule has 21 heavy (non-hydrogen) atoms. The van der Waals surface area contributed by atoms with E-state index < -0.39 is 11.8 Å². The maximum absolute atomic E-state index is 11.3. The molecule has 0 spiro atoms. The van der Waals surface area contributed by atoms with Crippen LogP contribution >= 0.6 is 0 Å². The van der Waals surface area contributed by atoms with Crippen molar-refractivity contribution in [3.05, 3.63) is 48.0 Å². The number of hydrogen-bond acceptors (Lipinski definition) is 5. The van der Waals surface area contributed by atoms with Crippen molar-refractivity contribution in [2.45, 2.75) is 32.9 Å². The molecule has 2 rings (SSSR count). The van der Waals surface area contributed by atoms with Gasteiger partial charge in [0, 0.05) is 6.54 Å². The van der Waals surface area contributed by atoms with Crippen molar-refractivity contribution in [1.29, 1.82) is 0 Å². The van der Waals surface area contributed by atoms with Gasteiger partial charge in [0.05, 0.1) is 0 Å². The molecule has 0 fully saturated rings. The van der Waals surface area contributed by atoms with Crippen LogP contribution in [0.2, 0.25) is 0 Å². The van der Waals surface area contributed by atoms with E-state index in [4.69, 9.17) is 9.57 Å². The maximum Gasteiger partial charge on any atom is 0.529 e. The zero-order valence-electron chi connectivity index (χ0n) is 12.5. The topological polar surface area (TPSA) is 59.6 Å². The minimum Gasteiger partial charge on any atom is -0.427 e. The van der Waals surface area contributed by atoms with Crippen LogP contribution in [0, 0.1) is 0 Å². The van der Waals surface area contributed by atoms with Crippen molar-refractivity contribution in [1.82, 2.24) is 11.0 Å². The van der Waals surface area contributed by atoms with Crippen LogP contribution in [-0.4, -0.2) is 11.8 Å². The van der Waals surface area contributed by atoms with Gasteiger partial charge in [-0.25, -0.2) is 10.2 Å². The molecule has 0 aliphatic rings. The van der Waals surface area contributed by atoms with Crippen molar-refractivity contribution in [3.63, 3.8) is 0 Å². The first kappa shape index (κ1) is 15.3. The van der Waals surface area contributed by atoms with E-state index in [9.17, 15) is 4.79 Å². The zero-order valence-corrected chi connectivity index (χ0v) is 12.5. The van der Waals surface area contributed by atoms with Gasteiger partial charge >= 0.3 is 6.16 Å². The number of nitrogens with one attached hydrogen (secondary N) is 2. The molecule has 0 unspecified atom stereocenters. The van der Waals surface area contributed by atoms with Gasteiger partial charge in [0.25, 0.3) is 0 Å². The highest BCUT2D eigenvalue weighted by atomic mass is 16.8. The van der Waals surface area contributed by atoms with Crippen molar-refractivity contribution in [3.8, 4) is 0 Å². The molecule has 0 amide bonds. The second-order valence-electron chi connectivity index (χ2n) is 5.70. The second-order valence-corrected chi connectivity index (χ2v) is 5.70. The van der Waals surface area contributed by atoms with Gasteiger partial charge in [0.15, 0.2) is 0 Å². The van der Waals surface area contributed by atoms with Crippen LogP contribution in [0.3, 0.4) is 0 Å². The summed E-state index contributed by atoms with van der Waals surface area (Å²) in [7, 11) is 0. The Morgan fingerprint density at radius 3 is 2.52 bits per heavy atom. The minimum absolute atomic E-state index is 0.521. The van der Waals surface area contributed by atoms with E-state index in [-0.39, 0.29) is 0 Å². The Balaban J connectivity index is 1.79. The number of ether oxygens (including phenoxy) is 1. The Labute approximate surface area is 124 Å². The Hall–Kier alpha value is -2.11. The number of rotatable bonds is 4. The molecule has 0 atom stereocenters. The second kappa shape index (κ2) is 6.56.